The van der Waals surface area contributed by atoms with Crippen LogP contribution in [0.25, 0.3) is 0 Å². The molecule has 8 heteroatoms. The Morgan fingerprint density at radius 1 is 0.963 bits per heavy atom. The quantitative estimate of drug-likeness (QED) is 0.801. The van der Waals surface area contributed by atoms with Crippen molar-refractivity contribution in [3.63, 3.8) is 0 Å². The van der Waals surface area contributed by atoms with Crippen LogP contribution in [-0.4, -0.2) is 24.4 Å². The summed E-state index contributed by atoms with van der Waals surface area (Å²) in [4.78, 5) is 12.1. The molecule has 2 aromatic rings. The van der Waals surface area contributed by atoms with Gasteiger partial charge in [0, 0.05) is 11.8 Å². The van der Waals surface area contributed by atoms with E-state index in [9.17, 15) is 13.6 Å². The van der Waals surface area contributed by atoms with Crippen molar-refractivity contribution >= 4 is 30.0 Å². The molecule has 0 aliphatic carbocycles. The van der Waals surface area contributed by atoms with Gasteiger partial charge in [0.05, 0.1) is 16.9 Å². The van der Waals surface area contributed by atoms with E-state index in [0.717, 1.165) is 17.6 Å². The van der Waals surface area contributed by atoms with Gasteiger partial charge in [-0.15, -0.1) is 0 Å². The summed E-state index contributed by atoms with van der Waals surface area (Å²) in [6.07, 6.45) is 0. The topological polar surface area (TPSA) is 59.6 Å². The second-order valence-corrected chi connectivity index (χ2v) is 7.42. The molecule has 2 amide bonds. The minimum atomic E-state index is -0.851. The minimum absolute atomic E-state index is 0.115. The van der Waals surface area contributed by atoms with E-state index < -0.39 is 36.0 Å². The van der Waals surface area contributed by atoms with Gasteiger partial charge in [0.25, 0.3) is 0 Å². The van der Waals surface area contributed by atoms with Gasteiger partial charge in [-0.1, -0.05) is 12.1 Å². The number of hydrogen-bond acceptors (Lipinski definition) is 3. The molecule has 5 nitrogen and oxygen atoms in total. The van der Waals surface area contributed by atoms with E-state index in [1.807, 2.05) is 33.8 Å². The molecule has 1 aliphatic rings. The molecule has 0 atom stereocenters. The maximum Gasteiger partial charge on any atom is 0.494 e. The number of carbonyl (C=O) groups excluding carboxylic acids is 1. The van der Waals surface area contributed by atoms with Crippen molar-refractivity contribution in [3.8, 4) is 0 Å². The number of halogens is 2. The standard InChI is InChI=1S/C19H21BF2N2O3/c1-18(2)19(3,4)27-20(26-18)12-6-5-7-14(10-12)23-17(25)24-16-9-8-13(21)11-15(16)22/h5-11H,1-4H3,(H2,23,24,25). The van der Waals surface area contributed by atoms with Gasteiger partial charge in [-0.2, -0.15) is 0 Å². The van der Waals surface area contributed by atoms with Gasteiger partial charge in [-0.25, -0.2) is 13.6 Å². The van der Waals surface area contributed by atoms with Crippen molar-refractivity contribution in [2.75, 3.05) is 10.6 Å². The Bertz CT molecular complexity index is 858. The molecular weight excluding hydrogens is 353 g/mol. The van der Waals surface area contributed by atoms with Gasteiger partial charge in [-0.3, -0.25) is 0 Å². The highest BCUT2D eigenvalue weighted by Gasteiger charge is 2.51. The highest BCUT2D eigenvalue weighted by atomic mass is 19.1. The molecule has 0 spiro atoms. The van der Waals surface area contributed by atoms with Crippen LogP contribution >= 0.6 is 0 Å². The third kappa shape index (κ3) is 4.12. The van der Waals surface area contributed by atoms with Crippen LogP contribution in [0.4, 0.5) is 25.0 Å². The fourth-order valence-corrected chi connectivity index (χ4v) is 2.62. The van der Waals surface area contributed by atoms with Gasteiger partial charge >= 0.3 is 13.1 Å². The predicted octanol–water partition coefficient (Wildman–Crippen LogP) is 3.91. The van der Waals surface area contributed by atoms with E-state index in [0.29, 0.717) is 11.8 Å². The van der Waals surface area contributed by atoms with Crippen LogP contribution < -0.4 is 16.1 Å². The monoisotopic (exact) mass is 374 g/mol. The largest absolute Gasteiger partial charge is 0.494 e. The third-order valence-electron chi connectivity index (χ3n) is 4.85. The van der Waals surface area contributed by atoms with Crippen LogP contribution in [0.2, 0.25) is 0 Å². The lowest BCUT2D eigenvalue weighted by Gasteiger charge is -2.32. The van der Waals surface area contributed by atoms with Crippen molar-refractivity contribution in [2.24, 2.45) is 0 Å². The number of hydrogen-bond donors (Lipinski definition) is 2. The Hall–Kier alpha value is -2.45. The molecule has 1 fully saturated rings. The molecule has 0 bridgehead atoms. The van der Waals surface area contributed by atoms with Crippen molar-refractivity contribution < 1.29 is 22.9 Å². The average molecular weight is 374 g/mol. The zero-order chi connectivity index (χ0) is 19.8. The molecule has 2 N–H and O–H groups in total. The summed E-state index contributed by atoms with van der Waals surface area (Å²) in [5.41, 5.74) is 0.176. The number of benzene rings is 2. The molecule has 0 saturated carbocycles. The van der Waals surface area contributed by atoms with Crippen LogP contribution in [-0.2, 0) is 9.31 Å². The van der Waals surface area contributed by atoms with E-state index in [4.69, 9.17) is 9.31 Å². The first-order valence-electron chi connectivity index (χ1n) is 8.56. The first kappa shape index (κ1) is 19.3. The van der Waals surface area contributed by atoms with Crippen molar-refractivity contribution in [1.82, 2.24) is 0 Å². The lowest BCUT2D eigenvalue weighted by molar-refractivity contribution is 0.00578. The first-order valence-corrected chi connectivity index (χ1v) is 8.56. The molecule has 0 unspecified atom stereocenters. The van der Waals surface area contributed by atoms with E-state index >= 15 is 0 Å². The molecule has 142 valence electrons. The normalized spacial score (nSPS) is 17.6. The highest BCUT2D eigenvalue weighted by molar-refractivity contribution is 6.62. The third-order valence-corrected chi connectivity index (χ3v) is 4.85. The lowest BCUT2D eigenvalue weighted by Crippen LogP contribution is -2.41. The summed E-state index contributed by atoms with van der Waals surface area (Å²) in [6, 6.07) is 9.29. The first-order chi connectivity index (χ1) is 12.6. The van der Waals surface area contributed by atoms with Crippen LogP contribution in [0.5, 0.6) is 0 Å². The summed E-state index contributed by atoms with van der Waals surface area (Å²) < 4.78 is 38.6. The Labute approximate surface area is 157 Å². The van der Waals surface area contributed by atoms with Crippen LogP contribution in [0.15, 0.2) is 42.5 Å². The van der Waals surface area contributed by atoms with Crippen molar-refractivity contribution in [3.05, 3.63) is 54.1 Å². The molecular formula is C19H21BF2N2O3. The Morgan fingerprint density at radius 2 is 1.63 bits per heavy atom. The molecule has 1 aliphatic heterocycles. The fraction of sp³-hybridized carbons (Fsp3) is 0.316. The Kier molecular flexibility index (Phi) is 4.97. The van der Waals surface area contributed by atoms with Gasteiger partial charge in [-0.05, 0) is 57.4 Å². The number of carbonyl (C=O) groups is 1. The number of urea groups is 1. The Morgan fingerprint density at radius 3 is 2.26 bits per heavy atom. The second kappa shape index (κ2) is 6.94. The Balaban J connectivity index is 1.70. The summed E-state index contributed by atoms with van der Waals surface area (Å²) in [5.74, 6) is -1.57. The van der Waals surface area contributed by atoms with E-state index in [-0.39, 0.29) is 5.69 Å². The van der Waals surface area contributed by atoms with E-state index in [1.165, 1.54) is 0 Å². The van der Waals surface area contributed by atoms with Crippen LogP contribution in [0, 0.1) is 11.6 Å². The zero-order valence-corrected chi connectivity index (χ0v) is 15.6. The number of nitrogens with one attached hydrogen (secondary N) is 2. The summed E-state index contributed by atoms with van der Waals surface area (Å²) in [5, 5.41) is 4.96. The van der Waals surface area contributed by atoms with E-state index in [2.05, 4.69) is 10.6 Å². The number of rotatable bonds is 3. The summed E-state index contributed by atoms with van der Waals surface area (Å²) >= 11 is 0. The van der Waals surface area contributed by atoms with Crippen LogP contribution in [0.1, 0.15) is 27.7 Å². The van der Waals surface area contributed by atoms with Crippen LogP contribution in [0.3, 0.4) is 0 Å². The van der Waals surface area contributed by atoms with Crippen molar-refractivity contribution in [1.29, 1.82) is 0 Å². The zero-order valence-electron chi connectivity index (χ0n) is 15.6. The maximum absolute atomic E-state index is 13.6. The molecule has 0 aromatic heterocycles. The lowest BCUT2D eigenvalue weighted by atomic mass is 9.79. The second-order valence-electron chi connectivity index (χ2n) is 7.42. The van der Waals surface area contributed by atoms with Gasteiger partial charge in [0.2, 0.25) is 0 Å². The smallest absolute Gasteiger partial charge is 0.399 e. The molecule has 3 rings (SSSR count). The van der Waals surface area contributed by atoms with Gasteiger partial charge in [0.1, 0.15) is 11.6 Å². The predicted molar refractivity (Wildman–Crippen MR) is 101 cm³/mol. The van der Waals surface area contributed by atoms with Gasteiger partial charge in [0.15, 0.2) is 0 Å². The summed E-state index contributed by atoms with van der Waals surface area (Å²) in [7, 11) is -0.561. The summed E-state index contributed by atoms with van der Waals surface area (Å²) in [6.45, 7) is 7.83. The number of amides is 2. The molecule has 1 saturated heterocycles. The van der Waals surface area contributed by atoms with Gasteiger partial charge < -0.3 is 19.9 Å². The number of anilines is 2. The fourth-order valence-electron chi connectivity index (χ4n) is 2.62. The minimum Gasteiger partial charge on any atom is -0.399 e. The SMILES string of the molecule is CC1(C)OB(c2cccc(NC(=O)Nc3ccc(F)cc3F)c2)OC1(C)C. The molecule has 2 aromatic carbocycles. The molecule has 0 radical (unpaired) electrons. The van der Waals surface area contributed by atoms with E-state index in [1.54, 1.807) is 18.2 Å². The molecule has 27 heavy (non-hydrogen) atoms. The van der Waals surface area contributed by atoms with Crippen molar-refractivity contribution in [2.45, 2.75) is 38.9 Å². The highest BCUT2D eigenvalue weighted by Crippen LogP contribution is 2.36. The maximum atomic E-state index is 13.6. The molecule has 1 heterocycles. The average Bonchev–Trinajstić information content (AvgIpc) is 2.78.